The minimum atomic E-state index is 0.838. The lowest BCUT2D eigenvalue weighted by Gasteiger charge is -2.52. The highest BCUT2D eigenvalue weighted by molar-refractivity contribution is 5.95. The van der Waals surface area contributed by atoms with E-state index in [0.29, 0.717) is 0 Å². The molecule has 25 heavy (non-hydrogen) atoms. The van der Waals surface area contributed by atoms with Crippen molar-refractivity contribution in [2.75, 3.05) is 0 Å². The van der Waals surface area contributed by atoms with Crippen LogP contribution >= 0.6 is 0 Å². The Hall–Kier alpha value is -2.08. The van der Waals surface area contributed by atoms with Crippen molar-refractivity contribution in [1.82, 2.24) is 0 Å². The summed E-state index contributed by atoms with van der Waals surface area (Å²) in [4.78, 5) is 0. The van der Waals surface area contributed by atoms with E-state index in [1.807, 2.05) is 5.57 Å². The highest BCUT2D eigenvalue weighted by Crippen LogP contribution is 2.59. The van der Waals surface area contributed by atoms with E-state index in [1.54, 1.807) is 5.57 Å². The second-order valence-corrected chi connectivity index (χ2v) is 8.64. The smallest absolute Gasteiger partial charge is 0.0102 e. The summed E-state index contributed by atoms with van der Waals surface area (Å²) in [5.74, 6) is 3.71. The second-order valence-electron chi connectivity index (χ2n) is 8.64. The van der Waals surface area contributed by atoms with Crippen molar-refractivity contribution < 1.29 is 0 Å². The molecule has 5 aliphatic rings. The third-order valence-electron chi connectivity index (χ3n) is 7.21. The van der Waals surface area contributed by atoms with E-state index in [2.05, 4.69) is 60.7 Å². The first-order valence-electron chi connectivity index (χ1n) is 9.98. The first kappa shape index (κ1) is 14.1. The van der Waals surface area contributed by atoms with Gasteiger partial charge in [0.15, 0.2) is 0 Å². The van der Waals surface area contributed by atoms with Crippen molar-refractivity contribution in [1.29, 1.82) is 0 Å². The molecule has 2 aromatic carbocycles. The Morgan fingerprint density at radius 3 is 1.56 bits per heavy atom. The van der Waals surface area contributed by atoms with Gasteiger partial charge in [0.2, 0.25) is 0 Å². The normalized spacial score (nSPS) is 31.7. The Labute approximate surface area is 150 Å². The maximum absolute atomic E-state index is 2.36. The van der Waals surface area contributed by atoms with Crippen LogP contribution in [0, 0.1) is 23.7 Å². The van der Waals surface area contributed by atoms with Gasteiger partial charge >= 0.3 is 0 Å². The largest absolute Gasteiger partial charge is 0.0616 e. The molecule has 0 heterocycles. The van der Waals surface area contributed by atoms with Crippen LogP contribution in [0.2, 0.25) is 0 Å². The summed E-state index contributed by atoms with van der Waals surface area (Å²) in [6.07, 6.45) is 11.9. The first-order valence-corrected chi connectivity index (χ1v) is 9.98. The molecule has 4 saturated carbocycles. The maximum Gasteiger partial charge on any atom is -0.0102 e. The zero-order chi connectivity index (χ0) is 16.4. The monoisotopic (exact) mass is 324 g/mol. The molecule has 0 radical (unpaired) electrons. The Balaban J connectivity index is 1.66. The van der Waals surface area contributed by atoms with Crippen LogP contribution in [-0.2, 0) is 0 Å². The van der Waals surface area contributed by atoms with E-state index in [4.69, 9.17) is 0 Å². The zero-order valence-electron chi connectivity index (χ0n) is 14.6. The molecule has 0 nitrogen and oxygen atoms in total. The third-order valence-corrected chi connectivity index (χ3v) is 7.21. The van der Waals surface area contributed by atoms with Gasteiger partial charge in [-0.25, -0.2) is 0 Å². The lowest BCUT2D eigenvalue weighted by molar-refractivity contribution is 0.0705. The van der Waals surface area contributed by atoms with Crippen LogP contribution in [0.25, 0.3) is 17.7 Å². The fourth-order valence-corrected chi connectivity index (χ4v) is 6.48. The predicted molar refractivity (Wildman–Crippen MR) is 105 cm³/mol. The Morgan fingerprint density at radius 1 is 0.560 bits per heavy atom. The number of rotatable bonds is 0. The fraction of sp³-hybridized carbons (Fsp3) is 0.360. The van der Waals surface area contributed by atoms with Crippen LogP contribution < -0.4 is 0 Å². The molecule has 2 aromatic rings. The van der Waals surface area contributed by atoms with Gasteiger partial charge in [-0.3, -0.25) is 0 Å². The van der Waals surface area contributed by atoms with Gasteiger partial charge in [0.05, 0.1) is 0 Å². The highest BCUT2D eigenvalue weighted by atomic mass is 14.5. The minimum Gasteiger partial charge on any atom is -0.0616 e. The van der Waals surface area contributed by atoms with Gasteiger partial charge in [0.1, 0.15) is 0 Å². The molecule has 0 heteroatoms. The molecule has 0 atom stereocenters. The Bertz CT molecular complexity index is 830. The van der Waals surface area contributed by atoms with E-state index >= 15 is 0 Å². The van der Waals surface area contributed by atoms with Crippen molar-refractivity contribution in [3.8, 4) is 0 Å². The summed E-state index contributed by atoms with van der Waals surface area (Å²) >= 11 is 0. The van der Waals surface area contributed by atoms with E-state index in [-0.39, 0.29) is 0 Å². The summed E-state index contributed by atoms with van der Waals surface area (Å²) in [7, 11) is 0. The van der Waals surface area contributed by atoms with Gasteiger partial charge in [-0.15, -0.1) is 0 Å². The van der Waals surface area contributed by atoms with Gasteiger partial charge < -0.3 is 0 Å². The lowest BCUT2D eigenvalue weighted by Crippen LogP contribution is -2.40. The van der Waals surface area contributed by atoms with Crippen LogP contribution in [0.3, 0.4) is 0 Å². The lowest BCUT2D eigenvalue weighted by atomic mass is 9.53. The van der Waals surface area contributed by atoms with Crippen LogP contribution in [0.4, 0.5) is 0 Å². The van der Waals surface area contributed by atoms with Gasteiger partial charge in [-0.2, -0.15) is 0 Å². The minimum absolute atomic E-state index is 0.838. The molecule has 0 aromatic heterocycles. The SMILES string of the molecule is C1=Cc2ccccc2C(=C2C3CC4CC(C3)CC2C4)c2ccccc21. The van der Waals surface area contributed by atoms with Crippen LogP contribution in [-0.4, -0.2) is 0 Å². The van der Waals surface area contributed by atoms with Gasteiger partial charge in [0.25, 0.3) is 0 Å². The standard InChI is InChI=1S/C25H24/c1-3-7-22-18(5-1)9-10-19-6-2-4-8-23(19)25(22)24-20-12-16-11-17(14-20)15-21(24)13-16/h1-10,16-17,20-21H,11-15H2. The molecule has 124 valence electrons. The molecule has 0 spiro atoms. The van der Waals surface area contributed by atoms with Gasteiger partial charge in [-0.05, 0) is 83.6 Å². The van der Waals surface area contributed by atoms with Crippen molar-refractivity contribution in [2.24, 2.45) is 23.7 Å². The number of allylic oxidation sites excluding steroid dienone is 1. The average Bonchev–Trinajstić information content (AvgIpc) is 2.79. The summed E-state index contributed by atoms with van der Waals surface area (Å²) in [6.45, 7) is 0. The van der Waals surface area contributed by atoms with E-state index in [1.165, 1.54) is 54.4 Å². The third kappa shape index (κ3) is 2.06. The molecule has 4 fully saturated rings. The molecular formula is C25H24. The summed E-state index contributed by atoms with van der Waals surface area (Å²) in [6, 6.07) is 18.1. The molecule has 0 unspecified atom stereocenters. The Kier molecular flexibility index (Phi) is 2.94. The van der Waals surface area contributed by atoms with E-state index in [0.717, 1.165) is 23.7 Å². The average molecular weight is 324 g/mol. The fourth-order valence-electron chi connectivity index (χ4n) is 6.48. The molecule has 4 bridgehead atoms. The van der Waals surface area contributed by atoms with Crippen molar-refractivity contribution in [3.63, 3.8) is 0 Å². The molecule has 7 rings (SSSR count). The summed E-state index contributed by atoms with van der Waals surface area (Å²) in [5, 5.41) is 0. The first-order chi connectivity index (χ1) is 12.4. The second kappa shape index (κ2) is 5.21. The summed E-state index contributed by atoms with van der Waals surface area (Å²) in [5.41, 5.74) is 9.10. The van der Waals surface area contributed by atoms with Crippen LogP contribution in [0.15, 0.2) is 54.1 Å². The Morgan fingerprint density at radius 2 is 1.04 bits per heavy atom. The molecule has 0 amide bonds. The maximum atomic E-state index is 2.36. The predicted octanol–water partition coefficient (Wildman–Crippen LogP) is 6.43. The zero-order valence-corrected chi connectivity index (χ0v) is 14.6. The van der Waals surface area contributed by atoms with Gasteiger partial charge in [-0.1, -0.05) is 66.3 Å². The highest BCUT2D eigenvalue weighted by Gasteiger charge is 2.46. The number of hydrogen-bond acceptors (Lipinski definition) is 0. The molecular weight excluding hydrogens is 300 g/mol. The van der Waals surface area contributed by atoms with E-state index < -0.39 is 0 Å². The quantitative estimate of drug-likeness (QED) is 0.447. The van der Waals surface area contributed by atoms with Crippen molar-refractivity contribution >= 4 is 17.7 Å². The number of hydrogen-bond donors (Lipinski definition) is 0. The van der Waals surface area contributed by atoms with Crippen LogP contribution in [0.5, 0.6) is 0 Å². The summed E-state index contributed by atoms with van der Waals surface area (Å²) < 4.78 is 0. The molecule has 0 aliphatic heterocycles. The van der Waals surface area contributed by atoms with E-state index in [9.17, 15) is 0 Å². The molecule has 5 aliphatic carbocycles. The van der Waals surface area contributed by atoms with Crippen LogP contribution in [0.1, 0.15) is 54.4 Å². The molecule has 0 N–H and O–H groups in total. The number of benzene rings is 2. The number of fused-ring (bicyclic) bond motifs is 2. The van der Waals surface area contributed by atoms with Crippen molar-refractivity contribution in [2.45, 2.75) is 32.1 Å². The van der Waals surface area contributed by atoms with Gasteiger partial charge in [0, 0.05) is 0 Å². The molecule has 0 saturated heterocycles. The van der Waals surface area contributed by atoms with Crippen molar-refractivity contribution in [3.05, 3.63) is 76.4 Å². The topological polar surface area (TPSA) is 0 Å².